The van der Waals surface area contributed by atoms with Gasteiger partial charge in [-0.1, -0.05) is 43.6 Å². The Balaban J connectivity index is 1.78. The van der Waals surface area contributed by atoms with Crippen LogP contribution in [0.3, 0.4) is 0 Å². The van der Waals surface area contributed by atoms with Crippen molar-refractivity contribution in [2.45, 2.75) is 110 Å². The summed E-state index contributed by atoms with van der Waals surface area (Å²) in [5.41, 5.74) is 0.744. The van der Waals surface area contributed by atoms with Crippen molar-refractivity contribution in [3.8, 4) is 0 Å². The number of rotatable bonds is 13. The van der Waals surface area contributed by atoms with Crippen LogP contribution in [0.4, 0.5) is 0 Å². The Labute approximate surface area is 196 Å². The molecule has 0 heterocycles. The third kappa shape index (κ3) is 7.71. The van der Waals surface area contributed by atoms with Gasteiger partial charge in [-0.15, -0.1) is 0 Å². The minimum absolute atomic E-state index is 0.169. The lowest BCUT2D eigenvalue weighted by Crippen LogP contribution is -2.43. The van der Waals surface area contributed by atoms with E-state index < -0.39 is 5.60 Å². The number of amides is 1. The van der Waals surface area contributed by atoms with Crippen molar-refractivity contribution in [3.05, 3.63) is 23.8 Å². The number of unbranched alkanes of at least 4 members (excludes halogenated alkanes) is 1. The predicted octanol–water partition coefficient (Wildman–Crippen LogP) is 4.44. The summed E-state index contributed by atoms with van der Waals surface area (Å²) in [6.45, 7) is 13.8. The summed E-state index contributed by atoms with van der Waals surface area (Å²) < 4.78 is 0. The van der Waals surface area contributed by atoms with Gasteiger partial charge in [0, 0.05) is 37.5 Å². The van der Waals surface area contributed by atoms with E-state index in [1.807, 2.05) is 11.8 Å². The number of hydrogen-bond acceptors (Lipinski definition) is 4. The Morgan fingerprint density at radius 1 is 1.31 bits per heavy atom. The Morgan fingerprint density at radius 2 is 2.00 bits per heavy atom. The van der Waals surface area contributed by atoms with Gasteiger partial charge in [-0.25, -0.2) is 0 Å². The fourth-order valence-electron chi connectivity index (χ4n) is 5.62. The van der Waals surface area contributed by atoms with Crippen LogP contribution in [-0.2, 0) is 4.79 Å². The van der Waals surface area contributed by atoms with Crippen LogP contribution < -0.4 is 5.32 Å². The lowest BCUT2D eigenvalue weighted by Gasteiger charge is -2.31. The molecule has 2 aliphatic rings. The fraction of sp³-hybridized carbons (Fsp3) is 0.815. The molecule has 5 heteroatoms. The highest BCUT2D eigenvalue weighted by molar-refractivity contribution is 5.77. The molecule has 32 heavy (non-hydrogen) atoms. The van der Waals surface area contributed by atoms with E-state index in [-0.39, 0.29) is 30.0 Å². The van der Waals surface area contributed by atoms with Crippen LogP contribution in [0, 0.1) is 17.8 Å². The number of aliphatic hydroxyl groups excluding tert-OH is 1. The van der Waals surface area contributed by atoms with Gasteiger partial charge in [0.25, 0.3) is 0 Å². The summed E-state index contributed by atoms with van der Waals surface area (Å²) in [5.74, 6) is 1.28. The highest BCUT2D eigenvalue weighted by Crippen LogP contribution is 2.47. The quantitative estimate of drug-likeness (QED) is 0.288. The molecule has 2 rings (SSSR count). The number of carbonyl (C=O) groups is 1. The molecule has 0 aromatic rings. The number of nitrogens with zero attached hydrogens (tertiary/aromatic N) is 1. The van der Waals surface area contributed by atoms with Crippen LogP contribution in [0.2, 0.25) is 0 Å². The van der Waals surface area contributed by atoms with Crippen molar-refractivity contribution in [1.82, 2.24) is 10.2 Å². The van der Waals surface area contributed by atoms with E-state index in [0.717, 1.165) is 38.6 Å². The second kappa shape index (κ2) is 12.3. The SMILES string of the molecule is CCCC[C@](C)(O)C/C=C/[C@@H]1[C@H]2CC(CNCCC(=O)N(C(C)C)C(C)C)=C[C@H]2C[C@H]1O. The highest BCUT2D eigenvalue weighted by Gasteiger charge is 2.43. The first-order valence-electron chi connectivity index (χ1n) is 12.8. The van der Waals surface area contributed by atoms with Crippen LogP contribution >= 0.6 is 0 Å². The molecule has 0 bridgehead atoms. The smallest absolute Gasteiger partial charge is 0.224 e. The Morgan fingerprint density at radius 3 is 2.62 bits per heavy atom. The molecule has 1 saturated carbocycles. The van der Waals surface area contributed by atoms with Crippen molar-refractivity contribution in [2.75, 3.05) is 13.1 Å². The second-order valence-corrected chi connectivity index (χ2v) is 10.9. The average Bonchev–Trinajstić information content (AvgIpc) is 3.20. The molecular formula is C27H48N2O3. The second-order valence-electron chi connectivity index (χ2n) is 10.9. The highest BCUT2D eigenvalue weighted by atomic mass is 16.3. The predicted molar refractivity (Wildman–Crippen MR) is 132 cm³/mol. The van der Waals surface area contributed by atoms with E-state index in [4.69, 9.17) is 0 Å². The Hall–Kier alpha value is -1.17. The molecule has 0 spiro atoms. The van der Waals surface area contributed by atoms with Crippen LogP contribution in [0.25, 0.3) is 0 Å². The zero-order chi connectivity index (χ0) is 23.9. The van der Waals surface area contributed by atoms with E-state index in [9.17, 15) is 15.0 Å². The summed E-state index contributed by atoms with van der Waals surface area (Å²) in [7, 11) is 0. The molecule has 1 amide bonds. The normalized spacial score (nSPS) is 27.2. The van der Waals surface area contributed by atoms with Crippen molar-refractivity contribution < 1.29 is 15.0 Å². The summed E-state index contributed by atoms with van der Waals surface area (Å²) in [5, 5.41) is 24.5. The summed E-state index contributed by atoms with van der Waals surface area (Å²) in [6, 6.07) is 0.456. The van der Waals surface area contributed by atoms with Crippen LogP contribution in [-0.4, -0.2) is 57.9 Å². The zero-order valence-electron chi connectivity index (χ0n) is 21.3. The van der Waals surface area contributed by atoms with Crippen LogP contribution in [0.1, 0.15) is 86.5 Å². The fourth-order valence-corrected chi connectivity index (χ4v) is 5.62. The first kappa shape index (κ1) is 27.1. The molecule has 3 N–H and O–H groups in total. The molecule has 5 atom stereocenters. The molecule has 0 aliphatic heterocycles. The Kier molecular flexibility index (Phi) is 10.4. The van der Waals surface area contributed by atoms with Crippen LogP contribution in [0.15, 0.2) is 23.8 Å². The molecule has 5 nitrogen and oxygen atoms in total. The van der Waals surface area contributed by atoms with Gasteiger partial charge in [-0.2, -0.15) is 0 Å². The molecule has 0 unspecified atom stereocenters. The Bertz CT molecular complexity index is 645. The molecule has 0 aromatic carbocycles. The van der Waals surface area contributed by atoms with Crippen molar-refractivity contribution in [2.24, 2.45) is 17.8 Å². The summed E-state index contributed by atoms with van der Waals surface area (Å²) in [4.78, 5) is 14.5. The van der Waals surface area contributed by atoms with Gasteiger partial charge in [0.1, 0.15) is 0 Å². The minimum Gasteiger partial charge on any atom is -0.392 e. The first-order valence-corrected chi connectivity index (χ1v) is 12.8. The molecule has 0 saturated heterocycles. The monoisotopic (exact) mass is 448 g/mol. The summed E-state index contributed by atoms with van der Waals surface area (Å²) >= 11 is 0. The maximum Gasteiger partial charge on any atom is 0.224 e. The number of aliphatic hydroxyl groups is 2. The molecule has 0 radical (unpaired) electrons. The van der Waals surface area contributed by atoms with Gasteiger partial charge in [0.2, 0.25) is 5.91 Å². The molecule has 184 valence electrons. The van der Waals surface area contributed by atoms with E-state index in [0.29, 0.717) is 31.2 Å². The lowest BCUT2D eigenvalue weighted by molar-refractivity contribution is -0.134. The molecular weight excluding hydrogens is 400 g/mol. The van der Waals surface area contributed by atoms with Gasteiger partial charge in [-0.3, -0.25) is 4.79 Å². The first-order chi connectivity index (χ1) is 15.1. The number of allylic oxidation sites excluding steroid dienone is 1. The maximum absolute atomic E-state index is 12.5. The van der Waals surface area contributed by atoms with Crippen LogP contribution in [0.5, 0.6) is 0 Å². The standard InChI is InChI=1S/C27H48N2O3/c1-7-8-12-27(6,32)13-9-10-23-24-16-21(15-22(24)17-25(23)30)18-28-14-11-26(31)29(19(2)3)20(4)5/h9-10,15,19-20,22-25,28,30,32H,7-8,11-14,16-18H2,1-6H3/b10-9+/t22-,23+,24-,25+,27-/m0/s1. The largest absolute Gasteiger partial charge is 0.392 e. The molecule has 0 aromatic heterocycles. The minimum atomic E-state index is -0.656. The number of nitrogens with one attached hydrogen (secondary N) is 1. The van der Waals surface area contributed by atoms with Gasteiger partial charge < -0.3 is 20.4 Å². The van der Waals surface area contributed by atoms with E-state index in [1.165, 1.54) is 5.57 Å². The van der Waals surface area contributed by atoms with Crippen molar-refractivity contribution in [3.63, 3.8) is 0 Å². The third-order valence-electron chi connectivity index (χ3n) is 7.20. The summed E-state index contributed by atoms with van der Waals surface area (Å²) in [6.07, 6.45) is 12.3. The molecule has 1 fully saturated rings. The van der Waals surface area contributed by atoms with E-state index in [2.05, 4.69) is 58.2 Å². The van der Waals surface area contributed by atoms with Crippen molar-refractivity contribution in [1.29, 1.82) is 0 Å². The lowest BCUT2D eigenvalue weighted by atomic mass is 9.88. The number of carbonyl (C=O) groups excluding carboxylic acids is 1. The average molecular weight is 449 g/mol. The maximum atomic E-state index is 12.5. The van der Waals surface area contributed by atoms with Gasteiger partial charge in [0.05, 0.1) is 11.7 Å². The van der Waals surface area contributed by atoms with E-state index in [1.54, 1.807) is 0 Å². The third-order valence-corrected chi connectivity index (χ3v) is 7.20. The van der Waals surface area contributed by atoms with E-state index >= 15 is 0 Å². The van der Waals surface area contributed by atoms with Crippen molar-refractivity contribution >= 4 is 5.91 Å². The molecule has 2 aliphatic carbocycles. The van der Waals surface area contributed by atoms with Gasteiger partial charge in [-0.05, 0) is 72.1 Å². The topological polar surface area (TPSA) is 72.8 Å². The zero-order valence-corrected chi connectivity index (χ0v) is 21.3. The number of hydrogen-bond donors (Lipinski definition) is 3. The van der Waals surface area contributed by atoms with Gasteiger partial charge >= 0.3 is 0 Å². The number of fused-ring (bicyclic) bond motifs is 1. The van der Waals surface area contributed by atoms with Gasteiger partial charge in [0.15, 0.2) is 0 Å².